The third-order valence-electron chi connectivity index (χ3n) is 4.51. The summed E-state index contributed by atoms with van der Waals surface area (Å²) in [4.78, 5) is 26.0. The number of carbonyl (C=O) groups excluding carboxylic acids is 2. The van der Waals surface area contributed by atoms with Gasteiger partial charge in [-0.05, 0) is 39.8 Å². The molecule has 0 radical (unpaired) electrons. The highest BCUT2D eigenvalue weighted by atomic mass is 32.2. The maximum absolute atomic E-state index is 12.5. The molecule has 0 bridgehead atoms. The first-order valence-electron chi connectivity index (χ1n) is 8.36. The maximum Gasteiger partial charge on any atom is 0.234 e. The van der Waals surface area contributed by atoms with Gasteiger partial charge in [0.05, 0.1) is 5.92 Å². The largest absolute Gasteiger partial charge is 0.320 e. The molecule has 0 saturated carbocycles. The van der Waals surface area contributed by atoms with Gasteiger partial charge in [-0.3, -0.25) is 19.6 Å². The third-order valence-corrected chi connectivity index (χ3v) is 5.62. The molecule has 1 aliphatic heterocycles. The van der Waals surface area contributed by atoms with Crippen LogP contribution in [0.5, 0.6) is 0 Å². The first kappa shape index (κ1) is 22.1. The molecule has 1 aliphatic rings. The van der Waals surface area contributed by atoms with Gasteiger partial charge in [-0.25, -0.2) is 0 Å². The first-order chi connectivity index (χ1) is 11.0. The van der Waals surface area contributed by atoms with Gasteiger partial charge in [0, 0.05) is 17.7 Å². The Morgan fingerprint density at radius 2 is 1.91 bits per heavy atom. The van der Waals surface area contributed by atoms with E-state index in [0.29, 0.717) is 13.0 Å². The summed E-state index contributed by atoms with van der Waals surface area (Å²) in [6, 6.07) is 0. The van der Waals surface area contributed by atoms with Crippen LogP contribution in [0.1, 0.15) is 52.4 Å². The number of unbranched alkanes of at least 4 members (excludes halogenated alkanes) is 3. The Labute approximate surface area is 145 Å². The number of nitrogens with one attached hydrogen (secondary N) is 1. The van der Waals surface area contributed by atoms with E-state index in [4.69, 9.17) is 5.14 Å². The van der Waals surface area contributed by atoms with Crippen LogP contribution in [0.3, 0.4) is 0 Å². The molecule has 1 fully saturated rings. The normalized spacial score (nSPS) is 20.2. The van der Waals surface area contributed by atoms with Gasteiger partial charge in [-0.2, -0.15) is 0 Å². The Kier molecular flexibility index (Phi) is 11.2. The SMILES string of the molecule is C=C.CCC(C)(SN)C1CC(=O)N(CCCCCCNC)C1=O. The van der Waals surface area contributed by atoms with Crippen molar-refractivity contribution in [3.8, 4) is 0 Å². The van der Waals surface area contributed by atoms with Crippen LogP contribution in [0.4, 0.5) is 0 Å². The minimum atomic E-state index is -0.339. The molecule has 5 nitrogen and oxygen atoms in total. The number of rotatable bonds is 10. The molecule has 1 saturated heterocycles. The Bertz CT molecular complexity index is 373. The van der Waals surface area contributed by atoms with Gasteiger partial charge in [0.15, 0.2) is 0 Å². The van der Waals surface area contributed by atoms with Crippen molar-refractivity contribution in [1.29, 1.82) is 0 Å². The van der Waals surface area contributed by atoms with Crippen molar-refractivity contribution < 1.29 is 9.59 Å². The smallest absolute Gasteiger partial charge is 0.234 e. The summed E-state index contributed by atoms with van der Waals surface area (Å²) in [7, 11) is 1.95. The van der Waals surface area contributed by atoms with Gasteiger partial charge in [-0.1, -0.05) is 31.7 Å². The Balaban J connectivity index is 0.00000232. The highest BCUT2D eigenvalue weighted by molar-refractivity contribution is 7.98. The highest BCUT2D eigenvalue weighted by Gasteiger charge is 2.47. The molecular formula is C17H33N3O2S. The monoisotopic (exact) mass is 343 g/mol. The Morgan fingerprint density at radius 1 is 1.30 bits per heavy atom. The predicted molar refractivity (Wildman–Crippen MR) is 99.0 cm³/mol. The van der Waals surface area contributed by atoms with Crippen molar-refractivity contribution in [3.63, 3.8) is 0 Å². The van der Waals surface area contributed by atoms with Crippen LogP contribution in [-0.4, -0.2) is 41.6 Å². The van der Waals surface area contributed by atoms with E-state index in [9.17, 15) is 9.59 Å². The number of hydrogen-bond acceptors (Lipinski definition) is 5. The summed E-state index contributed by atoms with van der Waals surface area (Å²) in [6.07, 6.45) is 5.32. The lowest BCUT2D eigenvalue weighted by Crippen LogP contribution is -2.39. The molecule has 0 spiro atoms. The number of likely N-dealkylation sites (tertiary alicyclic amines) is 1. The van der Waals surface area contributed by atoms with E-state index in [1.165, 1.54) is 16.8 Å². The second-order valence-electron chi connectivity index (χ2n) is 5.94. The van der Waals surface area contributed by atoms with Crippen LogP contribution in [0.15, 0.2) is 13.2 Å². The lowest BCUT2D eigenvalue weighted by atomic mass is 9.89. The van der Waals surface area contributed by atoms with Crippen LogP contribution in [0.25, 0.3) is 0 Å². The molecule has 1 heterocycles. The summed E-state index contributed by atoms with van der Waals surface area (Å²) in [5.41, 5.74) is 0. The number of carbonyl (C=O) groups is 2. The van der Waals surface area contributed by atoms with E-state index in [1.807, 2.05) is 20.9 Å². The number of hydrogen-bond donors (Lipinski definition) is 2. The molecule has 0 aromatic heterocycles. The minimum absolute atomic E-state index is 0.0301. The average molecular weight is 344 g/mol. The van der Waals surface area contributed by atoms with Crippen molar-refractivity contribution in [2.24, 2.45) is 11.1 Å². The quantitative estimate of drug-likeness (QED) is 0.276. The molecule has 0 aromatic rings. The average Bonchev–Trinajstić information content (AvgIpc) is 2.87. The molecule has 2 amide bonds. The topological polar surface area (TPSA) is 75.4 Å². The van der Waals surface area contributed by atoms with Crippen LogP contribution in [0, 0.1) is 5.92 Å². The second-order valence-corrected chi connectivity index (χ2v) is 7.11. The predicted octanol–water partition coefficient (Wildman–Crippen LogP) is 2.72. The van der Waals surface area contributed by atoms with Gasteiger partial charge >= 0.3 is 0 Å². The fourth-order valence-corrected chi connectivity index (χ4v) is 3.25. The molecule has 1 rings (SSSR count). The molecule has 3 N–H and O–H groups in total. The Morgan fingerprint density at radius 3 is 2.43 bits per heavy atom. The second kappa shape index (κ2) is 11.6. The van der Waals surface area contributed by atoms with Crippen molar-refractivity contribution in [1.82, 2.24) is 10.2 Å². The zero-order valence-corrected chi connectivity index (χ0v) is 15.7. The minimum Gasteiger partial charge on any atom is -0.320 e. The maximum atomic E-state index is 12.5. The fourth-order valence-electron chi connectivity index (χ4n) is 2.73. The number of amides is 2. The standard InChI is InChI=1S/C15H29N3O2S.C2H4/c1-4-15(2,21-16)12-11-13(19)18(14(12)20)10-8-6-5-7-9-17-3;1-2/h12,17H,4-11,16H2,1-3H3;1-2H2. The number of nitrogens with zero attached hydrogens (tertiary/aromatic N) is 1. The van der Waals surface area contributed by atoms with Crippen LogP contribution in [0.2, 0.25) is 0 Å². The summed E-state index contributed by atoms with van der Waals surface area (Å²) >= 11 is 1.21. The van der Waals surface area contributed by atoms with Crippen LogP contribution < -0.4 is 10.5 Å². The van der Waals surface area contributed by atoms with E-state index in [2.05, 4.69) is 18.5 Å². The molecule has 134 valence electrons. The molecule has 0 aliphatic carbocycles. The zero-order valence-electron chi connectivity index (χ0n) is 14.9. The summed E-state index contributed by atoms with van der Waals surface area (Å²) < 4.78 is -0.339. The number of nitrogens with two attached hydrogens (primary N) is 1. The molecule has 2 atom stereocenters. The lowest BCUT2D eigenvalue weighted by Gasteiger charge is -2.30. The Hall–Kier alpha value is -0.850. The van der Waals surface area contributed by atoms with E-state index in [-0.39, 0.29) is 22.5 Å². The van der Waals surface area contributed by atoms with Gasteiger partial charge in [-0.15, -0.1) is 13.2 Å². The van der Waals surface area contributed by atoms with Gasteiger partial charge in [0.25, 0.3) is 0 Å². The fraction of sp³-hybridized carbons (Fsp3) is 0.765. The molecular weight excluding hydrogens is 310 g/mol. The van der Waals surface area contributed by atoms with Crippen molar-refractivity contribution in [2.75, 3.05) is 20.1 Å². The molecule has 0 aromatic carbocycles. The van der Waals surface area contributed by atoms with E-state index < -0.39 is 0 Å². The highest BCUT2D eigenvalue weighted by Crippen LogP contribution is 2.39. The van der Waals surface area contributed by atoms with E-state index >= 15 is 0 Å². The van der Waals surface area contributed by atoms with Crippen molar-refractivity contribution in [2.45, 2.75) is 57.1 Å². The molecule has 23 heavy (non-hydrogen) atoms. The van der Waals surface area contributed by atoms with E-state index in [1.54, 1.807) is 0 Å². The van der Waals surface area contributed by atoms with Gasteiger partial charge in [0.1, 0.15) is 0 Å². The first-order valence-corrected chi connectivity index (χ1v) is 9.24. The van der Waals surface area contributed by atoms with Gasteiger partial charge in [0.2, 0.25) is 11.8 Å². The summed E-state index contributed by atoms with van der Waals surface area (Å²) in [6.45, 7) is 11.6. The third kappa shape index (κ3) is 6.28. The molecule has 6 heteroatoms. The number of imide groups is 1. The van der Waals surface area contributed by atoms with Crippen LogP contribution in [-0.2, 0) is 9.59 Å². The zero-order chi connectivity index (χ0) is 17.9. The van der Waals surface area contributed by atoms with Crippen molar-refractivity contribution in [3.05, 3.63) is 13.2 Å². The van der Waals surface area contributed by atoms with Gasteiger partial charge < -0.3 is 5.32 Å². The summed E-state index contributed by atoms with van der Waals surface area (Å²) in [5.74, 6) is -0.333. The van der Waals surface area contributed by atoms with Crippen molar-refractivity contribution >= 4 is 23.8 Å². The lowest BCUT2D eigenvalue weighted by molar-refractivity contribution is -0.139. The van der Waals surface area contributed by atoms with E-state index in [0.717, 1.165) is 38.6 Å². The summed E-state index contributed by atoms with van der Waals surface area (Å²) in [5, 5.41) is 8.86. The van der Waals surface area contributed by atoms with Crippen LogP contribution >= 0.6 is 11.9 Å². The molecule has 2 unspecified atom stereocenters.